The molecule has 20 heavy (non-hydrogen) atoms. The lowest BCUT2D eigenvalue weighted by Gasteiger charge is -2.35. The van der Waals surface area contributed by atoms with Gasteiger partial charge in [-0.1, -0.05) is 11.6 Å². The molecule has 3 rings (SSSR count). The third-order valence-corrected chi connectivity index (χ3v) is 5.41. The molecule has 4 nitrogen and oxygen atoms in total. The minimum Gasteiger partial charge on any atom is -0.366 e. The molecule has 1 amide bonds. The van der Waals surface area contributed by atoms with Crippen molar-refractivity contribution in [1.29, 1.82) is 0 Å². The first-order valence-corrected chi connectivity index (χ1v) is 8.31. The summed E-state index contributed by atoms with van der Waals surface area (Å²) in [5, 5.41) is 6.67. The first-order valence-electron chi connectivity index (χ1n) is 6.77. The molecule has 2 unspecified atom stereocenters. The molecule has 0 bridgehead atoms. The van der Waals surface area contributed by atoms with E-state index in [4.69, 9.17) is 11.6 Å². The Labute approximate surface area is 128 Å². The van der Waals surface area contributed by atoms with Crippen LogP contribution in [0.1, 0.15) is 18.5 Å². The van der Waals surface area contributed by atoms with E-state index in [2.05, 4.69) is 22.5 Å². The molecule has 1 aromatic rings. The average Bonchev–Trinajstić information content (AvgIpc) is 2.73. The van der Waals surface area contributed by atoms with E-state index in [0.29, 0.717) is 6.04 Å². The van der Waals surface area contributed by atoms with Gasteiger partial charge in [-0.2, -0.15) is 11.8 Å². The normalized spacial score (nSPS) is 25.6. The van der Waals surface area contributed by atoms with E-state index in [1.54, 1.807) is 7.05 Å². The summed E-state index contributed by atoms with van der Waals surface area (Å²) >= 11 is 8.43. The number of anilines is 2. The Bertz CT molecular complexity index is 551. The van der Waals surface area contributed by atoms with Gasteiger partial charge < -0.3 is 15.5 Å². The number of carbonyl (C=O) groups excluding carboxylic acids is 1. The number of hydrogen-bond acceptors (Lipinski definition) is 4. The zero-order chi connectivity index (χ0) is 14.3. The van der Waals surface area contributed by atoms with Gasteiger partial charge in [-0.25, -0.2) is 0 Å². The predicted octanol–water partition coefficient (Wildman–Crippen LogP) is 2.49. The van der Waals surface area contributed by atoms with Gasteiger partial charge >= 0.3 is 0 Å². The molecule has 0 saturated carbocycles. The maximum atomic E-state index is 11.9. The van der Waals surface area contributed by atoms with Crippen LogP contribution in [-0.2, 0) is 4.79 Å². The van der Waals surface area contributed by atoms with Gasteiger partial charge in [-0.3, -0.25) is 4.79 Å². The van der Waals surface area contributed by atoms with Crippen LogP contribution in [0, 0.1) is 0 Å². The summed E-state index contributed by atoms with van der Waals surface area (Å²) in [6, 6.07) is 4.09. The van der Waals surface area contributed by atoms with Gasteiger partial charge in [0.25, 0.3) is 0 Å². The van der Waals surface area contributed by atoms with Crippen molar-refractivity contribution < 1.29 is 4.79 Å². The second-order valence-corrected chi connectivity index (χ2v) is 6.78. The summed E-state index contributed by atoms with van der Waals surface area (Å²) in [4.78, 5) is 14.2. The number of likely N-dealkylation sites (N-methyl/N-ethyl adjacent to an activating group) is 1. The lowest BCUT2D eigenvalue weighted by Crippen LogP contribution is -2.40. The Morgan fingerprint density at radius 2 is 2.30 bits per heavy atom. The molecule has 1 fully saturated rings. The molecule has 2 heterocycles. The highest BCUT2D eigenvalue weighted by atomic mass is 35.5. The van der Waals surface area contributed by atoms with Crippen LogP contribution in [0.5, 0.6) is 0 Å². The number of hydrogen-bond donors (Lipinski definition) is 2. The monoisotopic (exact) mass is 311 g/mol. The Morgan fingerprint density at radius 3 is 3.00 bits per heavy atom. The molecule has 0 radical (unpaired) electrons. The highest BCUT2D eigenvalue weighted by Gasteiger charge is 2.31. The first-order chi connectivity index (χ1) is 9.61. The minimum atomic E-state index is -0.300. The fourth-order valence-corrected chi connectivity index (χ4v) is 4.16. The van der Waals surface area contributed by atoms with E-state index in [9.17, 15) is 4.79 Å². The standard InChI is InChI=1S/C14H18ClN3OS/c1-8-7-20-4-3-18(8)12-6-11-9(5-10(12)15)13(16-2)14(19)17-11/h5-6,8,13,16H,3-4,7H2,1-2H3,(H,17,19). The summed E-state index contributed by atoms with van der Waals surface area (Å²) < 4.78 is 0. The van der Waals surface area contributed by atoms with Crippen molar-refractivity contribution in [3.63, 3.8) is 0 Å². The summed E-state index contributed by atoms with van der Waals surface area (Å²) in [6.07, 6.45) is 0. The molecule has 1 aromatic carbocycles. The van der Waals surface area contributed by atoms with Gasteiger partial charge in [0.2, 0.25) is 5.91 Å². The maximum Gasteiger partial charge on any atom is 0.246 e. The van der Waals surface area contributed by atoms with E-state index in [0.717, 1.165) is 40.0 Å². The minimum absolute atomic E-state index is 0.0158. The van der Waals surface area contributed by atoms with Gasteiger partial charge in [-0.15, -0.1) is 0 Å². The summed E-state index contributed by atoms with van der Waals surface area (Å²) in [5.41, 5.74) is 2.83. The van der Waals surface area contributed by atoms with E-state index in [1.807, 2.05) is 23.9 Å². The van der Waals surface area contributed by atoms with Gasteiger partial charge in [0.05, 0.1) is 10.7 Å². The Morgan fingerprint density at radius 1 is 1.50 bits per heavy atom. The van der Waals surface area contributed by atoms with Crippen LogP contribution in [0.4, 0.5) is 11.4 Å². The van der Waals surface area contributed by atoms with E-state index >= 15 is 0 Å². The van der Waals surface area contributed by atoms with Crippen LogP contribution in [-0.4, -0.2) is 37.0 Å². The van der Waals surface area contributed by atoms with Crippen LogP contribution in [0.2, 0.25) is 5.02 Å². The second-order valence-electron chi connectivity index (χ2n) is 5.22. The third kappa shape index (κ3) is 2.28. The van der Waals surface area contributed by atoms with Crippen LogP contribution in [0.3, 0.4) is 0 Å². The number of benzene rings is 1. The molecule has 108 valence electrons. The van der Waals surface area contributed by atoms with Crippen molar-refractivity contribution >= 4 is 40.6 Å². The zero-order valence-corrected chi connectivity index (χ0v) is 13.1. The summed E-state index contributed by atoms with van der Waals surface area (Å²) in [7, 11) is 1.78. The average molecular weight is 312 g/mol. The molecule has 1 saturated heterocycles. The number of carbonyl (C=O) groups is 1. The van der Waals surface area contributed by atoms with Gasteiger partial charge in [0, 0.05) is 35.3 Å². The Balaban J connectivity index is 1.99. The Kier molecular flexibility index (Phi) is 3.84. The number of nitrogens with zero attached hydrogens (tertiary/aromatic N) is 1. The lowest BCUT2D eigenvalue weighted by atomic mass is 10.1. The molecule has 2 aliphatic heterocycles. The molecule has 2 atom stereocenters. The number of amides is 1. The second kappa shape index (κ2) is 5.47. The SMILES string of the molecule is CNC1C(=O)Nc2cc(N3CCSCC3C)c(Cl)cc21. The zero-order valence-electron chi connectivity index (χ0n) is 11.6. The molecule has 0 aliphatic carbocycles. The van der Waals surface area contributed by atoms with E-state index < -0.39 is 0 Å². The molecular formula is C14H18ClN3OS. The van der Waals surface area contributed by atoms with Gasteiger partial charge in [0.1, 0.15) is 6.04 Å². The number of rotatable bonds is 2. The Hall–Kier alpha value is -0.910. The molecule has 0 spiro atoms. The maximum absolute atomic E-state index is 11.9. The number of thioether (sulfide) groups is 1. The predicted molar refractivity (Wildman–Crippen MR) is 86.0 cm³/mol. The van der Waals surface area contributed by atoms with Crippen LogP contribution >= 0.6 is 23.4 Å². The van der Waals surface area contributed by atoms with E-state index in [1.165, 1.54) is 0 Å². The van der Waals surface area contributed by atoms with E-state index in [-0.39, 0.29) is 11.9 Å². The molecular weight excluding hydrogens is 294 g/mol. The largest absolute Gasteiger partial charge is 0.366 e. The van der Waals surface area contributed by atoms with Gasteiger partial charge in [0.15, 0.2) is 0 Å². The first kappa shape index (κ1) is 14.0. The fraction of sp³-hybridized carbons (Fsp3) is 0.500. The number of halogens is 1. The summed E-state index contributed by atoms with van der Waals surface area (Å²) in [6.45, 7) is 3.21. The third-order valence-electron chi connectivity index (χ3n) is 3.92. The molecule has 2 N–H and O–H groups in total. The molecule has 2 aliphatic rings. The van der Waals surface area contributed by atoms with Crippen molar-refractivity contribution in [3.8, 4) is 0 Å². The fourth-order valence-electron chi connectivity index (χ4n) is 2.86. The smallest absolute Gasteiger partial charge is 0.246 e. The quantitative estimate of drug-likeness (QED) is 0.881. The lowest BCUT2D eigenvalue weighted by molar-refractivity contribution is -0.117. The van der Waals surface area contributed by atoms with Crippen molar-refractivity contribution in [2.45, 2.75) is 19.0 Å². The molecule has 6 heteroatoms. The van der Waals surface area contributed by atoms with Crippen molar-refractivity contribution in [1.82, 2.24) is 5.32 Å². The van der Waals surface area contributed by atoms with Crippen LogP contribution in [0.25, 0.3) is 0 Å². The summed E-state index contributed by atoms with van der Waals surface area (Å²) in [5.74, 6) is 2.21. The van der Waals surface area contributed by atoms with Crippen LogP contribution < -0.4 is 15.5 Å². The molecule has 0 aromatic heterocycles. The van der Waals surface area contributed by atoms with Gasteiger partial charge in [-0.05, 0) is 26.1 Å². The van der Waals surface area contributed by atoms with Crippen molar-refractivity contribution in [3.05, 3.63) is 22.7 Å². The van der Waals surface area contributed by atoms with Crippen LogP contribution in [0.15, 0.2) is 12.1 Å². The number of nitrogens with one attached hydrogen (secondary N) is 2. The van der Waals surface area contributed by atoms with Crippen molar-refractivity contribution in [2.75, 3.05) is 35.3 Å². The topological polar surface area (TPSA) is 44.4 Å². The highest BCUT2D eigenvalue weighted by molar-refractivity contribution is 7.99. The number of fused-ring (bicyclic) bond motifs is 1. The van der Waals surface area contributed by atoms with Crippen molar-refractivity contribution in [2.24, 2.45) is 0 Å². The highest BCUT2D eigenvalue weighted by Crippen LogP contribution is 2.40.